The molecule has 0 bridgehead atoms. The van der Waals surface area contributed by atoms with Gasteiger partial charge in [-0.2, -0.15) is 0 Å². The molecule has 0 saturated carbocycles. The molecule has 3 nitrogen and oxygen atoms in total. The van der Waals surface area contributed by atoms with E-state index in [1.807, 2.05) is 18.2 Å². The Bertz CT molecular complexity index is 450. The maximum atomic E-state index is 12.4. The average Bonchev–Trinajstić information content (AvgIpc) is 2.47. The minimum Gasteiger partial charge on any atom is -0.353 e. The molecule has 2 rings (SSSR count). The molecule has 0 aliphatic carbocycles. The van der Waals surface area contributed by atoms with Gasteiger partial charge in [0.25, 0.3) is 0 Å². The predicted octanol–water partition coefficient (Wildman–Crippen LogP) is 3.31. The standard InChI is InChI=1S/C16H23BrN2O.ClH/c1-2-12(11-13-5-3-4-6-15(13)17)16(20)19-14-7-9-18-10-8-14;/h3-6,12,14,18H,2,7-11H2,1H3,(H,19,20);1H. The second-order valence-corrected chi connectivity index (χ2v) is 6.29. The van der Waals surface area contributed by atoms with Crippen LogP contribution in [0.1, 0.15) is 31.7 Å². The number of hydrogen-bond donors (Lipinski definition) is 2. The Morgan fingerprint density at radius 2 is 2.05 bits per heavy atom. The molecule has 0 spiro atoms. The fourth-order valence-electron chi connectivity index (χ4n) is 2.64. The van der Waals surface area contributed by atoms with Crippen LogP contribution >= 0.6 is 28.3 Å². The lowest BCUT2D eigenvalue weighted by molar-refractivity contribution is -0.126. The zero-order valence-corrected chi connectivity index (χ0v) is 14.8. The zero-order valence-electron chi connectivity index (χ0n) is 12.4. The third kappa shape index (κ3) is 5.61. The van der Waals surface area contributed by atoms with Crippen molar-refractivity contribution < 1.29 is 4.79 Å². The minimum atomic E-state index is 0. The van der Waals surface area contributed by atoms with Crippen molar-refractivity contribution in [3.05, 3.63) is 34.3 Å². The van der Waals surface area contributed by atoms with E-state index in [1.165, 1.54) is 5.56 Å². The summed E-state index contributed by atoms with van der Waals surface area (Å²) in [6.45, 7) is 4.10. The molecule has 1 aliphatic rings. The maximum Gasteiger partial charge on any atom is 0.223 e. The van der Waals surface area contributed by atoms with Crippen LogP contribution in [0, 0.1) is 5.92 Å². The van der Waals surface area contributed by atoms with Crippen molar-refractivity contribution in [1.82, 2.24) is 10.6 Å². The third-order valence-electron chi connectivity index (χ3n) is 3.97. The first-order valence-electron chi connectivity index (χ1n) is 7.45. The van der Waals surface area contributed by atoms with Crippen LogP contribution in [0.3, 0.4) is 0 Å². The van der Waals surface area contributed by atoms with Crippen LogP contribution in [-0.4, -0.2) is 25.0 Å². The number of hydrogen-bond acceptors (Lipinski definition) is 2. The van der Waals surface area contributed by atoms with Gasteiger partial charge in [-0.3, -0.25) is 4.79 Å². The molecule has 1 fully saturated rings. The van der Waals surface area contributed by atoms with Gasteiger partial charge in [-0.05, 0) is 50.4 Å². The molecule has 1 amide bonds. The molecular formula is C16H24BrClN2O. The molecule has 1 saturated heterocycles. The first-order valence-corrected chi connectivity index (χ1v) is 8.24. The van der Waals surface area contributed by atoms with Crippen molar-refractivity contribution in [2.75, 3.05) is 13.1 Å². The van der Waals surface area contributed by atoms with Gasteiger partial charge in [0.2, 0.25) is 5.91 Å². The molecule has 2 N–H and O–H groups in total. The second-order valence-electron chi connectivity index (χ2n) is 5.43. The van der Waals surface area contributed by atoms with Crippen LogP contribution in [0.4, 0.5) is 0 Å². The second kappa shape index (κ2) is 9.44. The normalized spacial score (nSPS) is 16.9. The Morgan fingerprint density at radius 3 is 2.67 bits per heavy atom. The summed E-state index contributed by atoms with van der Waals surface area (Å²) in [6, 6.07) is 8.50. The first kappa shape index (κ1) is 18.5. The number of halogens is 2. The van der Waals surface area contributed by atoms with Crippen molar-refractivity contribution >= 4 is 34.2 Å². The molecule has 1 aromatic carbocycles. The highest BCUT2D eigenvalue weighted by Crippen LogP contribution is 2.21. The maximum absolute atomic E-state index is 12.4. The van der Waals surface area contributed by atoms with Gasteiger partial charge in [0.05, 0.1) is 0 Å². The van der Waals surface area contributed by atoms with Gasteiger partial charge in [0.15, 0.2) is 0 Å². The van der Waals surface area contributed by atoms with Crippen LogP contribution in [0.5, 0.6) is 0 Å². The number of piperidine rings is 1. The molecule has 1 aliphatic heterocycles. The monoisotopic (exact) mass is 374 g/mol. The first-order chi connectivity index (χ1) is 9.70. The third-order valence-corrected chi connectivity index (χ3v) is 4.75. The van der Waals surface area contributed by atoms with E-state index in [4.69, 9.17) is 0 Å². The van der Waals surface area contributed by atoms with Gasteiger partial charge in [0.1, 0.15) is 0 Å². The molecule has 118 valence electrons. The van der Waals surface area contributed by atoms with Crippen LogP contribution in [-0.2, 0) is 11.2 Å². The van der Waals surface area contributed by atoms with Crippen LogP contribution < -0.4 is 10.6 Å². The average molecular weight is 376 g/mol. The van der Waals surface area contributed by atoms with E-state index in [-0.39, 0.29) is 24.2 Å². The molecule has 5 heteroatoms. The van der Waals surface area contributed by atoms with Crippen molar-refractivity contribution in [3.8, 4) is 0 Å². The lowest BCUT2D eigenvalue weighted by atomic mass is 9.95. The van der Waals surface area contributed by atoms with E-state index in [1.54, 1.807) is 0 Å². The lowest BCUT2D eigenvalue weighted by Gasteiger charge is -2.26. The molecule has 1 heterocycles. The van der Waals surface area contributed by atoms with Crippen molar-refractivity contribution in [1.29, 1.82) is 0 Å². The van der Waals surface area contributed by atoms with Gasteiger partial charge in [-0.25, -0.2) is 0 Å². The number of benzene rings is 1. The summed E-state index contributed by atoms with van der Waals surface area (Å²) in [6.07, 6.45) is 3.75. The predicted molar refractivity (Wildman–Crippen MR) is 92.9 cm³/mol. The minimum absolute atomic E-state index is 0. The number of carbonyl (C=O) groups excluding carboxylic acids is 1. The smallest absolute Gasteiger partial charge is 0.223 e. The fourth-order valence-corrected chi connectivity index (χ4v) is 3.08. The zero-order chi connectivity index (χ0) is 14.4. The topological polar surface area (TPSA) is 41.1 Å². The van der Waals surface area contributed by atoms with E-state index < -0.39 is 0 Å². The van der Waals surface area contributed by atoms with Gasteiger partial charge in [-0.1, -0.05) is 41.1 Å². The molecule has 1 atom stereocenters. The Kier molecular flexibility index (Phi) is 8.30. The van der Waals surface area contributed by atoms with Crippen molar-refractivity contribution in [2.45, 2.75) is 38.6 Å². The lowest BCUT2D eigenvalue weighted by Crippen LogP contribution is -2.45. The van der Waals surface area contributed by atoms with E-state index >= 15 is 0 Å². The van der Waals surface area contributed by atoms with Crippen molar-refractivity contribution in [3.63, 3.8) is 0 Å². The number of carbonyl (C=O) groups is 1. The molecule has 0 radical (unpaired) electrons. The highest BCUT2D eigenvalue weighted by atomic mass is 79.9. The molecule has 0 aromatic heterocycles. The van der Waals surface area contributed by atoms with Crippen LogP contribution in [0.2, 0.25) is 0 Å². The van der Waals surface area contributed by atoms with E-state index in [2.05, 4.69) is 39.6 Å². The Hall–Kier alpha value is -0.580. The Labute approximate surface area is 141 Å². The molecule has 1 aromatic rings. The van der Waals surface area contributed by atoms with Gasteiger partial charge in [-0.15, -0.1) is 12.4 Å². The highest BCUT2D eigenvalue weighted by Gasteiger charge is 2.22. The van der Waals surface area contributed by atoms with Gasteiger partial charge >= 0.3 is 0 Å². The van der Waals surface area contributed by atoms with Gasteiger partial charge in [0, 0.05) is 16.4 Å². The summed E-state index contributed by atoms with van der Waals surface area (Å²) in [7, 11) is 0. The van der Waals surface area contributed by atoms with E-state index in [9.17, 15) is 4.79 Å². The number of amides is 1. The van der Waals surface area contributed by atoms with E-state index in [0.717, 1.165) is 43.2 Å². The number of rotatable bonds is 5. The summed E-state index contributed by atoms with van der Waals surface area (Å²) >= 11 is 3.56. The Morgan fingerprint density at radius 1 is 1.38 bits per heavy atom. The van der Waals surface area contributed by atoms with Crippen LogP contribution in [0.25, 0.3) is 0 Å². The SMILES string of the molecule is CCC(Cc1ccccc1Br)C(=O)NC1CCNCC1.Cl. The summed E-state index contributed by atoms with van der Waals surface area (Å²) < 4.78 is 1.09. The highest BCUT2D eigenvalue weighted by molar-refractivity contribution is 9.10. The summed E-state index contributed by atoms with van der Waals surface area (Å²) in [5, 5.41) is 6.54. The summed E-state index contributed by atoms with van der Waals surface area (Å²) in [5.41, 5.74) is 1.21. The quantitative estimate of drug-likeness (QED) is 0.829. The van der Waals surface area contributed by atoms with Crippen LogP contribution in [0.15, 0.2) is 28.7 Å². The Balaban J connectivity index is 0.00000220. The van der Waals surface area contributed by atoms with Crippen molar-refractivity contribution in [2.24, 2.45) is 5.92 Å². The molecule has 1 unspecified atom stereocenters. The molecular weight excluding hydrogens is 352 g/mol. The summed E-state index contributed by atoms with van der Waals surface area (Å²) in [4.78, 5) is 12.4. The molecule has 21 heavy (non-hydrogen) atoms. The van der Waals surface area contributed by atoms with E-state index in [0.29, 0.717) is 6.04 Å². The number of nitrogens with one attached hydrogen (secondary N) is 2. The van der Waals surface area contributed by atoms with Gasteiger partial charge < -0.3 is 10.6 Å². The largest absolute Gasteiger partial charge is 0.353 e. The summed E-state index contributed by atoms with van der Waals surface area (Å²) in [5.74, 6) is 0.263. The fraction of sp³-hybridized carbons (Fsp3) is 0.562.